The highest BCUT2D eigenvalue weighted by Crippen LogP contribution is 2.16. The monoisotopic (exact) mass is 356 g/mol. The number of hydrogen-bond donors (Lipinski definition) is 1. The van der Waals surface area contributed by atoms with Crippen molar-refractivity contribution in [3.05, 3.63) is 80.2 Å². The standard InChI is InChI=1S/C19H17FN2O4/c1-11(2)22-17(23)14-8-15(20)13(9-16(14)21-19(22)25)18(24)26-10-12-6-4-3-5-7-12/h3-9,11H,10H2,1-2H3,(H,21,25). The molecule has 26 heavy (non-hydrogen) atoms. The zero-order chi connectivity index (χ0) is 18.8. The van der Waals surface area contributed by atoms with Crippen LogP contribution in [0.1, 0.15) is 35.8 Å². The summed E-state index contributed by atoms with van der Waals surface area (Å²) in [5, 5.41) is -0.00425. The Bertz CT molecular complexity index is 1080. The Morgan fingerprint density at radius 2 is 1.88 bits per heavy atom. The summed E-state index contributed by atoms with van der Waals surface area (Å²) in [5.74, 6) is -1.75. The van der Waals surface area contributed by atoms with Crippen molar-refractivity contribution in [3.63, 3.8) is 0 Å². The van der Waals surface area contributed by atoms with Crippen molar-refractivity contribution in [2.45, 2.75) is 26.5 Å². The molecule has 0 atom stereocenters. The molecule has 0 spiro atoms. The molecule has 0 unspecified atom stereocenters. The number of aromatic nitrogens is 2. The van der Waals surface area contributed by atoms with E-state index in [9.17, 15) is 18.8 Å². The quantitative estimate of drug-likeness (QED) is 0.729. The van der Waals surface area contributed by atoms with Crippen LogP contribution in [0.2, 0.25) is 0 Å². The van der Waals surface area contributed by atoms with Crippen LogP contribution in [-0.4, -0.2) is 15.5 Å². The maximum Gasteiger partial charge on any atom is 0.341 e. The number of nitrogens with zero attached hydrogens (tertiary/aromatic N) is 1. The number of rotatable bonds is 4. The second-order valence-electron chi connectivity index (χ2n) is 6.14. The first-order valence-electron chi connectivity index (χ1n) is 8.07. The highest BCUT2D eigenvalue weighted by atomic mass is 19.1. The minimum atomic E-state index is -0.880. The second-order valence-corrected chi connectivity index (χ2v) is 6.14. The summed E-state index contributed by atoms with van der Waals surface area (Å²) in [6, 6.07) is 10.7. The normalized spacial score (nSPS) is 11.1. The maximum atomic E-state index is 14.4. The van der Waals surface area contributed by atoms with Gasteiger partial charge in [0.2, 0.25) is 0 Å². The predicted octanol–water partition coefficient (Wildman–Crippen LogP) is 2.77. The molecule has 0 fully saturated rings. The molecule has 3 aromatic rings. The summed E-state index contributed by atoms with van der Waals surface area (Å²) >= 11 is 0. The van der Waals surface area contributed by atoms with E-state index in [4.69, 9.17) is 4.74 Å². The van der Waals surface area contributed by atoms with E-state index in [-0.39, 0.29) is 29.1 Å². The molecule has 6 nitrogen and oxygen atoms in total. The van der Waals surface area contributed by atoms with Crippen LogP contribution in [0, 0.1) is 5.82 Å². The van der Waals surface area contributed by atoms with Gasteiger partial charge in [-0.3, -0.25) is 9.36 Å². The van der Waals surface area contributed by atoms with Crippen molar-refractivity contribution in [3.8, 4) is 0 Å². The summed E-state index contributed by atoms with van der Waals surface area (Å²) < 4.78 is 20.5. The zero-order valence-corrected chi connectivity index (χ0v) is 14.3. The lowest BCUT2D eigenvalue weighted by atomic mass is 10.1. The van der Waals surface area contributed by atoms with Crippen molar-refractivity contribution in [2.24, 2.45) is 0 Å². The molecule has 0 bridgehead atoms. The molecule has 0 saturated heterocycles. The van der Waals surface area contributed by atoms with Gasteiger partial charge in [0.15, 0.2) is 0 Å². The first-order valence-corrected chi connectivity index (χ1v) is 8.07. The average molecular weight is 356 g/mol. The molecule has 0 aliphatic heterocycles. The number of H-pyrrole nitrogens is 1. The van der Waals surface area contributed by atoms with Gasteiger partial charge in [0.1, 0.15) is 12.4 Å². The van der Waals surface area contributed by atoms with Gasteiger partial charge in [-0.25, -0.2) is 14.0 Å². The second kappa shape index (κ2) is 6.95. The van der Waals surface area contributed by atoms with E-state index in [2.05, 4.69) is 4.98 Å². The van der Waals surface area contributed by atoms with Gasteiger partial charge in [-0.05, 0) is 31.5 Å². The molecule has 3 rings (SSSR count). The van der Waals surface area contributed by atoms with Crippen LogP contribution in [0.15, 0.2) is 52.1 Å². The zero-order valence-electron chi connectivity index (χ0n) is 14.3. The number of benzene rings is 2. The number of carbonyl (C=O) groups is 1. The fourth-order valence-corrected chi connectivity index (χ4v) is 2.68. The molecular formula is C19H17FN2O4. The highest BCUT2D eigenvalue weighted by molar-refractivity contribution is 5.94. The van der Waals surface area contributed by atoms with Crippen molar-refractivity contribution >= 4 is 16.9 Å². The fraction of sp³-hybridized carbons (Fsp3) is 0.211. The van der Waals surface area contributed by atoms with E-state index in [1.54, 1.807) is 38.1 Å². The van der Waals surface area contributed by atoms with Crippen LogP contribution in [0.5, 0.6) is 0 Å². The summed E-state index contributed by atoms with van der Waals surface area (Å²) in [5.41, 5.74) is -0.722. The fourth-order valence-electron chi connectivity index (χ4n) is 2.68. The molecule has 1 aromatic heterocycles. The van der Waals surface area contributed by atoms with Gasteiger partial charge in [0.25, 0.3) is 5.56 Å². The van der Waals surface area contributed by atoms with Crippen molar-refractivity contribution in [2.75, 3.05) is 0 Å². The first-order chi connectivity index (χ1) is 12.4. The van der Waals surface area contributed by atoms with Crippen LogP contribution < -0.4 is 11.2 Å². The van der Waals surface area contributed by atoms with Crippen molar-refractivity contribution in [1.29, 1.82) is 0 Å². The number of carbonyl (C=O) groups excluding carboxylic acids is 1. The van der Waals surface area contributed by atoms with E-state index in [0.717, 1.165) is 22.3 Å². The molecule has 0 aliphatic carbocycles. The number of esters is 1. The van der Waals surface area contributed by atoms with Gasteiger partial charge < -0.3 is 9.72 Å². The molecule has 0 radical (unpaired) electrons. The van der Waals surface area contributed by atoms with E-state index < -0.39 is 23.0 Å². The van der Waals surface area contributed by atoms with E-state index in [1.165, 1.54) is 0 Å². The molecule has 134 valence electrons. The smallest absolute Gasteiger partial charge is 0.341 e. The van der Waals surface area contributed by atoms with Crippen LogP contribution in [0.25, 0.3) is 10.9 Å². The summed E-state index contributed by atoms with van der Waals surface area (Å²) in [4.78, 5) is 39.2. The first kappa shape index (κ1) is 17.6. The number of halogens is 1. The van der Waals surface area contributed by atoms with E-state index >= 15 is 0 Å². The minimum Gasteiger partial charge on any atom is -0.457 e. The number of fused-ring (bicyclic) bond motifs is 1. The lowest BCUT2D eigenvalue weighted by Crippen LogP contribution is -2.36. The number of hydrogen-bond acceptors (Lipinski definition) is 4. The summed E-state index contributed by atoms with van der Waals surface area (Å²) in [6.45, 7) is 3.34. The Morgan fingerprint density at radius 1 is 1.19 bits per heavy atom. The van der Waals surface area contributed by atoms with Crippen molar-refractivity contribution in [1.82, 2.24) is 9.55 Å². The van der Waals surface area contributed by atoms with Gasteiger partial charge in [-0.2, -0.15) is 0 Å². The molecule has 7 heteroatoms. The minimum absolute atomic E-state index is 0.00425. The van der Waals surface area contributed by atoms with Crippen LogP contribution in [0.4, 0.5) is 4.39 Å². The molecule has 0 amide bonds. The molecule has 1 N–H and O–H groups in total. The molecule has 0 aliphatic rings. The molecular weight excluding hydrogens is 339 g/mol. The molecule has 1 heterocycles. The lowest BCUT2D eigenvalue weighted by Gasteiger charge is -2.11. The Kier molecular flexibility index (Phi) is 4.71. The lowest BCUT2D eigenvalue weighted by molar-refractivity contribution is 0.0467. The average Bonchev–Trinajstić information content (AvgIpc) is 2.60. The van der Waals surface area contributed by atoms with E-state index in [1.807, 2.05) is 6.07 Å². The number of aromatic amines is 1. The van der Waals surface area contributed by atoms with Gasteiger partial charge >= 0.3 is 11.7 Å². The highest BCUT2D eigenvalue weighted by Gasteiger charge is 2.18. The summed E-state index contributed by atoms with van der Waals surface area (Å²) in [6.07, 6.45) is 0. The Hall–Kier alpha value is -3.22. The third kappa shape index (κ3) is 3.28. The van der Waals surface area contributed by atoms with Crippen LogP contribution >= 0.6 is 0 Å². The molecule has 0 saturated carbocycles. The third-order valence-corrected chi connectivity index (χ3v) is 3.97. The topological polar surface area (TPSA) is 81.2 Å². The Morgan fingerprint density at radius 3 is 2.54 bits per heavy atom. The largest absolute Gasteiger partial charge is 0.457 e. The van der Waals surface area contributed by atoms with Gasteiger partial charge in [-0.1, -0.05) is 30.3 Å². The SMILES string of the molecule is CC(C)n1c(=O)[nH]c2cc(C(=O)OCc3ccccc3)c(F)cc2c1=O. The van der Waals surface area contributed by atoms with E-state index in [0.29, 0.717) is 0 Å². The van der Waals surface area contributed by atoms with Crippen LogP contribution in [-0.2, 0) is 11.3 Å². The van der Waals surface area contributed by atoms with Crippen LogP contribution in [0.3, 0.4) is 0 Å². The van der Waals surface area contributed by atoms with Crippen molar-refractivity contribution < 1.29 is 13.9 Å². The number of ether oxygens (including phenoxy) is 1. The maximum absolute atomic E-state index is 14.4. The van der Waals surface area contributed by atoms with Gasteiger partial charge in [-0.15, -0.1) is 0 Å². The predicted molar refractivity (Wildman–Crippen MR) is 94.7 cm³/mol. The molecule has 2 aromatic carbocycles. The van der Waals surface area contributed by atoms with Gasteiger partial charge in [0.05, 0.1) is 16.5 Å². The summed E-state index contributed by atoms with van der Waals surface area (Å²) in [7, 11) is 0. The number of nitrogens with one attached hydrogen (secondary N) is 1. The Balaban J connectivity index is 1.98. The third-order valence-electron chi connectivity index (χ3n) is 3.97. The van der Waals surface area contributed by atoms with Gasteiger partial charge in [0, 0.05) is 6.04 Å². The Labute approximate surface area is 147 Å².